The van der Waals surface area contributed by atoms with E-state index < -0.39 is 0 Å². The fraction of sp³-hybridized carbons (Fsp3) is 0.231. The van der Waals surface area contributed by atoms with Gasteiger partial charge in [-0.25, -0.2) is 0 Å². The Morgan fingerprint density at radius 2 is 1.79 bits per heavy atom. The quantitative estimate of drug-likeness (QED) is 0.658. The lowest BCUT2D eigenvalue weighted by atomic mass is 10.1. The van der Waals surface area contributed by atoms with Crippen LogP contribution in [-0.2, 0) is 0 Å². The summed E-state index contributed by atoms with van der Waals surface area (Å²) in [5.74, 6) is 1.96. The lowest BCUT2D eigenvalue weighted by Gasteiger charge is -1.97. The minimum Gasteiger partial charge on any atom is -0.461 e. The number of benzene rings is 1. The molecule has 0 fully saturated rings. The van der Waals surface area contributed by atoms with Crippen molar-refractivity contribution in [1.82, 2.24) is 0 Å². The molecule has 1 aromatic heterocycles. The van der Waals surface area contributed by atoms with Crippen LogP contribution >= 0.6 is 0 Å². The van der Waals surface area contributed by atoms with Gasteiger partial charge in [0.1, 0.15) is 11.5 Å². The molecule has 0 saturated carbocycles. The first-order valence-electron chi connectivity index (χ1n) is 4.81. The van der Waals surface area contributed by atoms with Crippen LogP contribution < -0.4 is 0 Å². The second-order valence-corrected chi connectivity index (χ2v) is 3.72. The van der Waals surface area contributed by atoms with Crippen LogP contribution in [0.4, 0.5) is 0 Å². The molecule has 1 aromatic carbocycles. The lowest BCUT2D eigenvalue weighted by molar-refractivity contribution is 0.545. The van der Waals surface area contributed by atoms with Gasteiger partial charge in [-0.3, -0.25) is 0 Å². The van der Waals surface area contributed by atoms with E-state index in [1.807, 2.05) is 6.92 Å². The number of aryl methyl sites for hydroxylation is 3. The Bertz CT molecular complexity index is 433. The Morgan fingerprint density at radius 1 is 1.00 bits per heavy atom. The van der Waals surface area contributed by atoms with Gasteiger partial charge in [-0.15, -0.1) is 0 Å². The summed E-state index contributed by atoms with van der Waals surface area (Å²) in [6.07, 6.45) is 0. The van der Waals surface area contributed by atoms with Crippen LogP contribution in [0.15, 0.2) is 34.7 Å². The van der Waals surface area contributed by atoms with E-state index in [0.717, 1.165) is 17.1 Å². The van der Waals surface area contributed by atoms with E-state index in [9.17, 15) is 0 Å². The molecular weight excluding hydrogens is 172 g/mol. The molecule has 0 N–H and O–H groups in total. The van der Waals surface area contributed by atoms with Crippen molar-refractivity contribution >= 4 is 0 Å². The molecule has 0 amide bonds. The molecule has 1 heteroatoms. The Morgan fingerprint density at radius 3 is 2.36 bits per heavy atom. The second kappa shape index (κ2) is 3.33. The number of rotatable bonds is 1. The molecule has 0 aliphatic carbocycles. The number of furan rings is 1. The summed E-state index contributed by atoms with van der Waals surface area (Å²) < 4.78 is 5.66. The van der Waals surface area contributed by atoms with Gasteiger partial charge in [-0.1, -0.05) is 23.8 Å². The third-order valence-electron chi connectivity index (χ3n) is 2.47. The van der Waals surface area contributed by atoms with Gasteiger partial charge in [0, 0.05) is 5.56 Å². The summed E-state index contributed by atoms with van der Waals surface area (Å²) in [7, 11) is 0. The van der Waals surface area contributed by atoms with Gasteiger partial charge in [-0.2, -0.15) is 0 Å². The average Bonchev–Trinajstić information content (AvgIpc) is 2.47. The first kappa shape index (κ1) is 9.07. The second-order valence-electron chi connectivity index (χ2n) is 3.72. The molecule has 0 radical (unpaired) electrons. The highest BCUT2D eigenvalue weighted by Crippen LogP contribution is 2.25. The molecule has 2 aromatic rings. The van der Waals surface area contributed by atoms with Gasteiger partial charge in [0.05, 0.1) is 0 Å². The van der Waals surface area contributed by atoms with Crippen molar-refractivity contribution in [2.45, 2.75) is 20.8 Å². The van der Waals surface area contributed by atoms with Crippen LogP contribution in [0, 0.1) is 20.8 Å². The number of hydrogen-bond acceptors (Lipinski definition) is 1. The maximum Gasteiger partial charge on any atom is 0.134 e. The van der Waals surface area contributed by atoms with Gasteiger partial charge in [0.25, 0.3) is 0 Å². The van der Waals surface area contributed by atoms with Crippen molar-refractivity contribution in [2.75, 3.05) is 0 Å². The van der Waals surface area contributed by atoms with Gasteiger partial charge in [0.15, 0.2) is 0 Å². The summed E-state index contributed by atoms with van der Waals surface area (Å²) in [4.78, 5) is 0. The van der Waals surface area contributed by atoms with E-state index in [1.165, 1.54) is 11.1 Å². The van der Waals surface area contributed by atoms with Gasteiger partial charge in [0.2, 0.25) is 0 Å². The minimum atomic E-state index is 0.962. The Kier molecular flexibility index (Phi) is 2.16. The van der Waals surface area contributed by atoms with E-state index in [2.05, 4.69) is 44.2 Å². The predicted octanol–water partition coefficient (Wildman–Crippen LogP) is 3.87. The van der Waals surface area contributed by atoms with Crippen molar-refractivity contribution in [1.29, 1.82) is 0 Å². The molecule has 72 valence electrons. The third-order valence-corrected chi connectivity index (χ3v) is 2.47. The van der Waals surface area contributed by atoms with E-state index in [0.29, 0.717) is 0 Å². The third kappa shape index (κ3) is 1.58. The first-order chi connectivity index (χ1) is 6.66. The standard InChI is InChI=1S/C13H14O/c1-9-5-4-6-12(7-9)13-8-10(2)11(3)14-13/h4-8H,1-3H3. The molecule has 0 aliphatic rings. The van der Waals surface area contributed by atoms with Crippen LogP contribution in [0.1, 0.15) is 16.9 Å². The average molecular weight is 186 g/mol. The summed E-state index contributed by atoms with van der Waals surface area (Å²) in [5.41, 5.74) is 3.62. The molecule has 0 bridgehead atoms. The lowest BCUT2D eigenvalue weighted by Crippen LogP contribution is -1.75. The Balaban J connectivity index is 2.49. The maximum absolute atomic E-state index is 5.66. The molecular formula is C13H14O. The monoisotopic (exact) mass is 186 g/mol. The van der Waals surface area contributed by atoms with Gasteiger partial charge < -0.3 is 4.42 Å². The highest BCUT2D eigenvalue weighted by atomic mass is 16.3. The maximum atomic E-state index is 5.66. The molecule has 0 spiro atoms. The Hall–Kier alpha value is -1.50. The fourth-order valence-electron chi connectivity index (χ4n) is 1.51. The zero-order chi connectivity index (χ0) is 10.1. The van der Waals surface area contributed by atoms with Crippen LogP contribution in [-0.4, -0.2) is 0 Å². The van der Waals surface area contributed by atoms with Crippen molar-refractivity contribution in [2.24, 2.45) is 0 Å². The van der Waals surface area contributed by atoms with Crippen molar-refractivity contribution < 1.29 is 4.42 Å². The molecule has 0 saturated heterocycles. The fourth-order valence-corrected chi connectivity index (χ4v) is 1.51. The van der Waals surface area contributed by atoms with Gasteiger partial charge in [-0.05, 0) is 38.5 Å². The largest absolute Gasteiger partial charge is 0.461 e. The molecule has 0 aliphatic heterocycles. The van der Waals surface area contributed by atoms with E-state index in [-0.39, 0.29) is 0 Å². The molecule has 14 heavy (non-hydrogen) atoms. The molecule has 0 unspecified atom stereocenters. The van der Waals surface area contributed by atoms with E-state index >= 15 is 0 Å². The van der Waals surface area contributed by atoms with Crippen LogP contribution in [0.3, 0.4) is 0 Å². The molecule has 1 nitrogen and oxygen atoms in total. The molecule has 1 heterocycles. The predicted molar refractivity (Wildman–Crippen MR) is 58.4 cm³/mol. The van der Waals surface area contributed by atoms with Crippen LogP contribution in [0.2, 0.25) is 0 Å². The van der Waals surface area contributed by atoms with Crippen molar-refractivity contribution in [3.63, 3.8) is 0 Å². The summed E-state index contributed by atoms with van der Waals surface area (Å²) in [6.45, 7) is 6.15. The van der Waals surface area contributed by atoms with Crippen LogP contribution in [0.25, 0.3) is 11.3 Å². The van der Waals surface area contributed by atoms with E-state index in [1.54, 1.807) is 0 Å². The number of hydrogen-bond donors (Lipinski definition) is 0. The molecule has 0 atom stereocenters. The normalized spacial score (nSPS) is 10.5. The topological polar surface area (TPSA) is 13.1 Å². The molecule has 2 rings (SSSR count). The Labute approximate surface area is 84.4 Å². The van der Waals surface area contributed by atoms with Crippen LogP contribution in [0.5, 0.6) is 0 Å². The highest BCUT2D eigenvalue weighted by Gasteiger charge is 2.05. The zero-order valence-corrected chi connectivity index (χ0v) is 8.79. The zero-order valence-electron chi connectivity index (χ0n) is 8.79. The first-order valence-corrected chi connectivity index (χ1v) is 4.81. The van der Waals surface area contributed by atoms with Crippen molar-refractivity contribution in [3.8, 4) is 11.3 Å². The summed E-state index contributed by atoms with van der Waals surface area (Å²) in [6, 6.07) is 10.4. The van der Waals surface area contributed by atoms with Gasteiger partial charge >= 0.3 is 0 Å². The SMILES string of the molecule is Cc1cccc(-c2cc(C)c(C)o2)c1. The highest BCUT2D eigenvalue weighted by molar-refractivity contribution is 5.59. The smallest absolute Gasteiger partial charge is 0.134 e. The minimum absolute atomic E-state index is 0.962. The van der Waals surface area contributed by atoms with E-state index in [4.69, 9.17) is 4.42 Å². The summed E-state index contributed by atoms with van der Waals surface area (Å²) >= 11 is 0. The van der Waals surface area contributed by atoms with Crippen molar-refractivity contribution in [3.05, 3.63) is 47.2 Å². The summed E-state index contributed by atoms with van der Waals surface area (Å²) in [5, 5.41) is 0.